The van der Waals surface area contributed by atoms with Gasteiger partial charge >= 0.3 is 6.09 Å². The van der Waals surface area contributed by atoms with Gasteiger partial charge in [-0.2, -0.15) is 0 Å². The van der Waals surface area contributed by atoms with Crippen LogP contribution in [0.15, 0.2) is 60.7 Å². The smallest absolute Gasteiger partial charge is 0.410 e. The van der Waals surface area contributed by atoms with Crippen LogP contribution in [0.4, 0.5) is 4.79 Å². The van der Waals surface area contributed by atoms with Crippen molar-refractivity contribution in [3.63, 3.8) is 0 Å². The van der Waals surface area contributed by atoms with Crippen LogP contribution in [0.5, 0.6) is 0 Å². The quantitative estimate of drug-likeness (QED) is 0.886. The van der Waals surface area contributed by atoms with Crippen molar-refractivity contribution in [2.45, 2.75) is 32.5 Å². The molecule has 4 heteroatoms. The Balaban J connectivity index is 2.08. The molecule has 0 unspecified atom stereocenters. The summed E-state index contributed by atoms with van der Waals surface area (Å²) in [5.74, 6) is 0. The van der Waals surface area contributed by atoms with Gasteiger partial charge in [-0.3, -0.25) is 4.90 Å². The summed E-state index contributed by atoms with van der Waals surface area (Å²) < 4.78 is 5.43. The Kier molecular flexibility index (Phi) is 5.77. The summed E-state index contributed by atoms with van der Waals surface area (Å²) in [6.45, 7) is 4.11. The number of rotatable bonds is 6. The van der Waals surface area contributed by atoms with E-state index in [4.69, 9.17) is 4.74 Å². The highest BCUT2D eigenvalue weighted by atomic mass is 16.6. The maximum Gasteiger partial charge on any atom is 0.410 e. The number of nitrogens with zero attached hydrogens (tertiary/aromatic N) is 1. The summed E-state index contributed by atoms with van der Waals surface area (Å²) in [5, 5.41) is 9.63. The van der Waals surface area contributed by atoms with Crippen molar-refractivity contribution in [2.75, 3.05) is 6.61 Å². The summed E-state index contributed by atoms with van der Waals surface area (Å²) in [6, 6.07) is 19.2. The third kappa shape index (κ3) is 4.83. The molecular formula is C19H23NO3. The Morgan fingerprint density at radius 2 is 1.52 bits per heavy atom. The van der Waals surface area contributed by atoms with Crippen molar-refractivity contribution in [2.24, 2.45) is 0 Å². The third-order valence-corrected chi connectivity index (χ3v) is 3.73. The number of hydrogen-bond acceptors (Lipinski definition) is 3. The van der Waals surface area contributed by atoms with Crippen LogP contribution < -0.4 is 0 Å². The summed E-state index contributed by atoms with van der Waals surface area (Å²) in [5.41, 5.74) is 1.22. The van der Waals surface area contributed by atoms with Gasteiger partial charge in [-0.25, -0.2) is 4.79 Å². The molecule has 1 amide bonds. The van der Waals surface area contributed by atoms with Crippen LogP contribution in [0.1, 0.15) is 25.0 Å². The number of aliphatic hydroxyl groups excluding tert-OH is 1. The molecule has 0 heterocycles. The molecule has 4 nitrogen and oxygen atoms in total. The molecular weight excluding hydrogens is 290 g/mol. The van der Waals surface area contributed by atoms with E-state index in [1.165, 1.54) is 0 Å². The van der Waals surface area contributed by atoms with Crippen LogP contribution in [0.25, 0.3) is 0 Å². The van der Waals surface area contributed by atoms with Crippen LogP contribution in [-0.2, 0) is 17.9 Å². The van der Waals surface area contributed by atoms with Crippen molar-refractivity contribution in [1.29, 1.82) is 0 Å². The summed E-state index contributed by atoms with van der Waals surface area (Å²) in [6.07, 6.45) is -0.434. The number of aliphatic hydroxyl groups is 1. The van der Waals surface area contributed by atoms with Gasteiger partial charge in [-0.1, -0.05) is 60.7 Å². The molecule has 2 rings (SSSR count). The molecule has 23 heavy (non-hydrogen) atoms. The molecule has 0 bridgehead atoms. The molecule has 0 spiro atoms. The second-order valence-corrected chi connectivity index (χ2v) is 6.08. The van der Waals surface area contributed by atoms with Crippen LogP contribution in [0.3, 0.4) is 0 Å². The minimum absolute atomic E-state index is 0.139. The average molecular weight is 313 g/mol. The molecule has 0 aliphatic rings. The van der Waals surface area contributed by atoms with Gasteiger partial charge in [0, 0.05) is 6.54 Å². The first-order valence-electron chi connectivity index (χ1n) is 7.66. The van der Waals surface area contributed by atoms with E-state index in [0.717, 1.165) is 11.1 Å². The molecule has 0 saturated heterocycles. The van der Waals surface area contributed by atoms with E-state index >= 15 is 0 Å². The highest BCUT2D eigenvalue weighted by molar-refractivity contribution is 5.68. The lowest BCUT2D eigenvalue weighted by atomic mass is 10.0. The maximum atomic E-state index is 12.5. The number of benzene rings is 2. The number of amides is 1. The van der Waals surface area contributed by atoms with Crippen molar-refractivity contribution in [3.8, 4) is 0 Å². The van der Waals surface area contributed by atoms with Gasteiger partial charge in [0.05, 0.1) is 12.1 Å². The largest absolute Gasteiger partial charge is 0.445 e. The maximum absolute atomic E-state index is 12.5. The van der Waals surface area contributed by atoms with Crippen molar-refractivity contribution >= 4 is 6.09 Å². The minimum atomic E-state index is -0.705. The molecule has 2 aromatic rings. The molecule has 0 radical (unpaired) electrons. The third-order valence-electron chi connectivity index (χ3n) is 3.73. The average Bonchev–Trinajstić information content (AvgIpc) is 2.59. The predicted octanol–water partition coefficient (Wildman–Crippen LogP) is 3.60. The molecule has 0 atom stereocenters. The van der Waals surface area contributed by atoms with Crippen molar-refractivity contribution in [1.82, 2.24) is 4.90 Å². The standard InChI is InChI=1S/C19H23NO3/c1-19(2,15-21)20(13-16-9-5-3-6-10-16)18(22)23-14-17-11-7-4-8-12-17/h3-12,21H,13-15H2,1-2H3. The Morgan fingerprint density at radius 3 is 2.04 bits per heavy atom. The van der Waals surface area contributed by atoms with Gasteiger partial charge in [-0.05, 0) is 25.0 Å². The Bertz CT molecular complexity index is 611. The lowest BCUT2D eigenvalue weighted by molar-refractivity contribution is 0.0273. The first-order chi connectivity index (χ1) is 11.0. The Hall–Kier alpha value is -2.33. The summed E-state index contributed by atoms with van der Waals surface area (Å²) in [7, 11) is 0. The Labute approximate surface area is 137 Å². The highest BCUT2D eigenvalue weighted by Crippen LogP contribution is 2.19. The molecule has 0 saturated carbocycles. The van der Waals surface area contributed by atoms with Gasteiger partial charge in [-0.15, -0.1) is 0 Å². The minimum Gasteiger partial charge on any atom is -0.445 e. The van der Waals surface area contributed by atoms with E-state index in [0.29, 0.717) is 6.54 Å². The number of carbonyl (C=O) groups is 1. The number of hydrogen-bond donors (Lipinski definition) is 1. The van der Waals surface area contributed by atoms with Gasteiger partial charge in [0.1, 0.15) is 6.61 Å². The van der Waals surface area contributed by atoms with E-state index in [-0.39, 0.29) is 13.2 Å². The first-order valence-corrected chi connectivity index (χ1v) is 7.66. The van der Waals surface area contributed by atoms with Crippen LogP contribution >= 0.6 is 0 Å². The van der Waals surface area contributed by atoms with Gasteiger partial charge < -0.3 is 9.84 Å². The summed E-state index contributed by atoms with van der Waals surface area (Å²) in [4.78, 5) is 14.1. The molecule has 122 valence electrons. The monoisotopic (exact) mass is 313 g/mol. The van der Waals surface area contributed by atoms with E-state index in [9.17, 15) is 9.90 Å². The van der Waals surface area contributed by atoms with Crippen LogP contribution in [0.2, 0.25) is 0 Å². The normalized spacial score (nSPS) is 11.1. The molecule has 0 aliphatic heterocycles. The van der Waals surface area contributed by atoms with Gasteiger partial charge in [0.25, 0.3) is 0 Å². The molecule has 0 fully saturated rings. The molecule has 0 aliphatic carbocycles. The van der Waals surface area contributed by atoms with E-state index < -0.39 is 11.6 Å². The van der Waals surface area contributed by atoms with E-state index in [1.807, 2.05) is 74.5 Å². The Morgan fingerprint density at radius 1 is 1.00 bits per heavy atom. The predicted molar refractivity (Wildman–Crippen MR) is 89.8 cm³/mol. The fourth-order valence-electron chi connectivity index (χ4n) is 2.17. The molecule has 1 N–H and O–H groups in total. The number of ether oxygens (including phenoxy) is 1. The van der Waals surface area contributed by atoms with Crippen LogP contribution in [0, 0.1) is 0 Å². The van der Waals surface area contributed by atoms with Crippen LogP contribution in [-0.4, -0.2) is 28.2 Å². The molecule has 2 aromatic carbocycles. The second kappa shape index (κ2) is 7.79. The fraction of sp³-hybridized carbons (Fsp3) is 0.316. The first kappa shape index (κ1) is 17.0. The lowest BCUT2D eigenvalue weighted by Crippen LogP contribution is -2.49. The zero-order chi connectivity index (χ0) is 16.7. The SMILES string of the molecule is CC(C)(CO)N(Cc1ccccc1)C(=O)OCc1ccccc1. The summed E-state index contributed by atoms with van der Waals surface area (Å²) >= 11 is 0. The van der Waals surface area contributed by atoms with Crippen molar-refractivity contribution in [3.05, 3.63) is 71.8 Å². The number of carbonyl (C=O) groups excluding carboxylic acids is 1. The fourth-order valence-corrected chi connectivity index (χ4v) is 2.17. The zero-order valence-corrected chi connectivity index (χ0v) is 13.6. The van der Waals surface area contributed by atoms with Crippen molar-refractivity contribution < 1.29 is 14.6 Å². The van der Waals surface area contributed by atoms with Gasteiger partial charge in [0.15, 0.2) is 0 Å². The molecule has 0 aromatic heterocycles. The topological polar surface area (TPSA) is 49.8 Å². The van der Waals surface area contributed by atoms with Gasteiger partial charge in [0.2, 0.25) is 0 Å². The lowest BCUT2D eigenvalue weighted by Gasteiger charge is -2.36. The second-order valence-electron chi connectivity index (χ2n) is 6.08. The zero-order valence-electron chi connectivity index (χ0n) is 13.6. The van der Waals surface area contributed by atoms with E-state index in [1.54, 1.807) is 4.90 Å². The highest BCUT2D eigenvalue weighted by Gasteiger charge is 2.31. The van der Waals surface area contributed by atoms with E-state index in [2.05, 4.69) is 0 Å².